The molecule has 0 bridgehead atoms. The number of carbonyl (C=O) groups excluding carboxylic acids is 1. The first-order valence-corrected chi connectivity index (χ1v) is 17.6. The Morgan fingerprint density at radius 1 is 0.958 bits per heavy atom. The van der Waals surface area contributed by atoms with Gasteiger partial charge in [-0.1, -0.05) is 62.1 Å². The Balaban J connectivity index is 0.000000388. The highest BCUT2D eigenvalue weighted by molar-refractivity contribution is 5.86. The van der Waals surface area contributed by atoms with Crippen LogP contribution in [-0.4, -0.2) is 73.8 Å². The van der Waals surface area contributed by atoms with Crippen LogP contribution in [0.2, 0.25) is 0 Å². The predicted octanol–water partition coefficient (Wildman–Crippen LogP) is 8.43. The number of halogens is 4. The maximum atomic E-state index is 15.9. The van der Waals surface area contributed by atoms with Crippen molar-refractivity contribution >= 4 is 11.6 Å². The molecule has 3 heterocycles. The minimum Gasteiger partial charge on any atom is -0.497 e. The number of alkyl halides is 4. The Bertz CT molecular complexity index is 1490. The number of hydrogen-bond donors (Lipinski definition) is 0. The zero-order chi connectivity index (χ0) is 34.1. The Morgan fingerprint density at radius 2 is 1.65 bits per heavy atom. The van der Waals surface area contributed by atoms with Gasteiger partial charge in [-0.2, -0.15) is 13.2 Å². The van der Waals surface area contributed by atoms with Gasteiger partial charge in [0.2, 0.25) is 5.67 Å². The first-order chi connectivity index (χ1) is 22.9. The van der Waals surface area contributed by atoms with Crippen molar-refractivity contribution in [3.63, 3.8) is 0 Å². The number of aryl methyl sites for hydroxylation is 1. The SMILES string of the molecule is COC1=CC[C@H](C)C=C1.Cc1ccc(-c2cc(C(F)(F)F)ccc2N2CC3CN(C(=O)[C@@]4(F)CCN(C5CCCCC5)C4)CC3C2)cc1. The zero-order valence-electron chi connectivity index (χ0n) is 28.4. The molecule has 2 aromatic carbocycles. The molecule has 4 atom stereocenters. The van der Waals surface area contributed by atoms with Gasteiger partial charge in [-0.15, -0.1) is 0 Å². The third kappa shape index (κ3) is 7.61. The number of amides is 1. The van der Waals surface area contributed by atoms with Gasteiger partial charge < -0.3 is 14.5 Å². The molecule has 5 nitrogen and oxygen atoms in total. The van der Waals surface area contributed by atoms with E-state index in [4.69, 9.17) is 4.74 Å². The van der Waals surface area contributed by atoms with Crippen LogP contribution in [-0.2, 0) is 15.7 Å². The summed E-state index contributed by atoms with van der Waals surface area (Å²) in [6.45, 7) is 7.31. The van der Waals surface area contributed by atoms with Crippen LogP contribution >= 0.6 is 0 Å². The lowest BCUT2D eigenvalue weighted by Crippen LogP contribution is -2.48. The molecule has 260 valence electrons. The number of benzene rings is 2. The number of anilines is 1. The summed E-state index contributed by atoms with van der Waals surface area (Å²) >= 11 is 0. The molecule has 2 aromatic rings. The van der Waals surface area contributed by atoms with E-state index in [9.17, 15) is 18.0 Å². The number of nitrogens with zero attached hydrogens (tertiary/aromatic N) is 3. The van der Waals surface area contributed by atoms with E-state index in [1.807, 2.05) is 37.3 Å². The fraction of sp³-hybridized carbons (Fsp3) is 0.564. The number of fused-ring (bicyclic) bond motifs is 1. The summed E-state index contributed by atoms with van der Waals surface area (Å²) in [6.07, 6.45) is 9.08. The first-order valence-electron chi connectivity index (χ1n) is 17.6. The molecule has 48 heavy (non-hydrogen) atoms. The molecule has 2 aliphatic carbocycles. The smallest absolute Gasteiger partial charge is 0.416 e. The van der Waals surface area contributed by atoms with Crippen molar-refractivity contribution in [3.8, 4) is 11.1 Å². The summed E-state index contributed by atoms with van der Waals surface area (Å²) < 4.78 is 61.7. The number of hydrogen-bond acceptors (Lipinski definition) is 4. The Kier molecular flexibility index (Phi) is 10.3. The Morgan fingerprint density at radius 3 is 2.25 bits per heavy atom. The number of allylic oxidation sites excluding steroid dienone is 3. The van der Waals surface area contributed by atoms with Crippen LogP contribution in [0.25, 0.3) is 11.1 Å². The van der Waals surface area contributed by atoms with Gasteiger partial charge in [0.15, 0.2) is 0 Å². The molecular formula is C39H49F4N3O2. The Hall–Kier alpha value is -3.33. The topological polar surface area (TPSA) is 36.0 Å². The van der Waals surface area contributed by atoms with Crippen molar-refractivity contribution < 1.29 is 27.1 Å². The highest BCUT2D eigenvalue weighted by atomic mass is 19.4. The lowest BCUT2D eigenvalue weighted by molar-refractivity contribution is -0.142. The lowest BCUT2D eigenvalue weighted by atomic mass is 9.94. The fourth-order valence-corrected chi connectivity index (χ4v) is 8.18. The minimum absolute atomic E-state index is 0.182. The summed E-state index contributed by atoms with van der Waals surface area (Å²) in [5.74, 6) is 1.68. The summed E-state index contributed by atoms with van der Waals surface area (Å²) in [5.41, 5.74) is 0.669. The fourth-order valence-electron chi connectivity index (χ4n) is 8.18. The van der Waals surface area contributed by atoms with Gasteiger partial charge in [-0.25, -0.2) is 4.39 Å². The highest BCUT2D eigenvalue weighted by Gasteiger charge is 2.52. The molecule has 0 aromatic heterocycles. The van der Waals surface area contributed by atoms with E-state index < -0.39 is 17.4 Å². The van der Waals surface area contributed by atoms with E-state index in [2.05, 4.69) is 28.9 Å². The van der Waals surface area contributed by atoms with Crippen LogP contribution in [0, 0.1) is 24.7 Å². The third-order valence-electron chi connectivity index (χ3n) is 11.0. The van der Waals surface area contributed by atoms with E-state index in [0.29, 0.717) is 50.2 Å². The monoisotopic (exact) mass is 667 g/mol. The van der Waals surface area contributed by atoms with Crippen LogP contribution in [0.5, 0.6) is 0 Å². The molecule has 5 aliphatic rings. The minimum atomic E-state index is -4.42. The lowest BCUT2D eigenvalue weighted by Gasteiger charge is -2.32. The van der Waals surface area contributed by atoms with E-state index in [-0.39, 0.29) is 30.7 Å². The second kappa shape index (κ2) is 14.3. The molecule has 3 aliphatic heterocycles. The molecule has 0 radical (unpaired) electrons. The van der Waals surface area contributed by atoms with Crippen LogP contribution in [0.4, 0.5) is 23.2 Å². The summed E-state index contributed by atoms with van der Waals surface area (Å²) in [7, 11) is 1.70. The molecule has 0 N–H and O–H groups in total. The number of methoxy groups -OCH3 is 1. The molecule has 9 heteroatoms. The summed E-state index contributed by atoms with van der Waals surface area (Å²) in [4.78, 5) is 19.5. The van der Waals surface area contributed by atoms with Crippen LogP contribution in [0.1, 0.15) is 63.0 Å². The third-order valence-corrected chi connectivity index (χ3v) is 11.0. The average molecular weight is 668 g/mol. The van der Waals surface area contributed by atoms with Crippen molar-refractivity contribution in [1.82, 2.24) is 9.80 Å². The highest BCUT2D eigenvalue weighted by Crippen LogP contribution is 2.43. The van der Waals surface area contributed by atoms with Crippen LogP contribution in [0.3, 0.4) is 0 Å². The van der Waals surface area contributed by atoms with Gasteiger partial charge in [0, 0.05) is 74.8 Å². The quantitative estimate of drug-likeness (QED) is 0.300. The first kappa shape index (κ1) is 34.5. The number of carbonyl (C=O) groups is 1. The molecule has 1 amide bonds. The van der Waals surface area contributed by atoms with Gasteiger partial charge in [-0.3, -0.25) is 9.69 Å². The van der Waals surface area contributed by atoms with Crippen LogP contribution < -0.4 is 4.90 Å². The molecule has 4 fully saturated rings. The van der Waals surface area contributed by atoms with E-state index in [1.165, 1.54) is 25.3 Å². The molecule has 0 spiro atoms. The summed E-state index contributed by atoms with van der Waals surface area (Å²) in [6, 6.07) is 11.9. The van der Waals surface area contributed by atoms with Gasteiger partial charge >= 0.3 is 6.18 Å². The van der Waals surface area contributed by atoms with Crippen molar-refractivity contribution in [1.29, 1.82) is 0 Å². The van der Waals surface area contributed by atoms with Gasteiger partial charge in [-0.05, 0) is 68.0 Å². The van der Waals surface area contributed by atoms with E-state index >= 15 is 4.39 Å². The standard InChI is InChI=1S/C31H37F4N3O.C8H12O/c1-21-7-9-22(10-8-21)27-15-25(31(33,34)35)11-12-28(27)37-16-23-18-38(19-24(23)17-37)29(39)30(32)13-14-36(20-30)26-5-3-2-4-6-26;1-7-3-5-8(9-2)6-4-7/h7-12,15,23-24,26H,2-6,13-14,16-20H2,1H3;3,5-7H,4H2,1-2H3/t23?,24?,30-;7-/m11/s1. The predicted molar refractivity (Wildman–Crippen MR) is 182 cm³/mol. The van der Waals surface area contributed by atoms with Gasteiger partial charge in [0.1, 0.15) is 5.76 Å². The van der Waals surface area contributed by atoms with Crippen LogP contribution in [0.15, 0.2) is 66.5 Å². The largest absolute Gasteiger partial charge is 0.497 e. The Labute approximate surface area is 282 Å². The van der Waals surface area contributed by atoms with Crippen molar-refractivity contribution in [2.75, 3.05) is 51.3 Å². The second-order valence-corrected chi connectivity index (χ2v) is 14.6. The second-order valence-electron chi connectivity index (χ2n) is 14.6. The molecule has 1 saturated carbocycles. The van der Waals surface area contributed by atoms with E-state index in [1.54, 1.807) is 18.1 Å². The van der Waals surface area contributed by atoms with Gasteiger partial charge in [0.05, 0.1) is 12.7 Å². The molecule has 3 saturated heterocycles. The van der Waals surface area contributed by atoms with E-state index in [0.717, 1.165) is 47.9 Å². The maximum Gasteiger partial charge on any atom is 0.416 e. The van der Waals surface area contributed by atoms with Crippen molar-refractivity contribution in [3.05, 3.63) is 77.6 Å². The normalized spacial score (nSPS) is 27.8. The average Bonchev–Trinajstić information content (AvgIpc) is 3.79. The number of ether oxygens (including phenoxy) is 1. The molecule has 7 rings (SSSR count). The van der Waals surface area contributed by atoms with Gasteiger partial charge in [0.25, 0.3) is 5.91 Å². The number of rotatable bonds is 5. The molecular weight excluding hydrogens is 618 g/mol. The van der Waals surface area contributed by atoms with Crippen molar-refractivity contribution in [2.45, 2.75) is 76.7 Å². The number of likely N-dealkylation sites (tertiary alicyclic amines) is 2. The maximum absolute atomic E-state index is 15.9. The summed E-state index contributed by atoms with van der Waals surface area (Å²) in [5, 5.41) is 0. The molecule has 2 unspecified atom stereocenters. The zero-order valence-corrected chi connectivity index (χ0v) is 28.4. The van der Waals surface area contributed by atoms with Crippen molar-refractivity contribution in [2.24, 2.45) is 17.8 Å².